The van der Waals surface area contributed by atoms with Gasteiger partial charge >= 0.3 is 0 Å². The molecule has 2 heterocycles. The molecule has 0 radical (unpaired) electrons. The zero-order chi connectivity index (χ0) is 11.7. The molecule has 2 saturated heterocycles. The Morgan fingerprint density at radius 2 is 1.94 bits per heavy atom. The van der Waals surface area contributed by atoms with Gasteiger partial charge in [-0.1, -0.05) is 26.2 Å². The van der Waals surface area contributed by atoms with E-state index in [1.807, 2.05) is 0 Å². The smallest absolute Gasteiger partial charge is 0.00954 e. The summed E-state index contributed by atoms with van der Waals surface area (Å²) in [5.74, 6) is 0.879. The molecule has 1 N–H and O–H groups in total. The topological polar surface area (TPSA) is 15.3 Å². The molecule has 1 saturated carbocycles. The maximum atomic E-state index is 3.56. The minimum atomic E-state index is 0.669. The second-order valence-electron chi connectivity index (χ2n) is 6.73. The summed E-state index contributed by atoms with van der Waals surface area (Å²) < 4.78 is 0. The van der Waals surface area contributed by atoms with Gasteiger partial charge in [-0.25, -0.2) is 0 Å². The molecule has 0 aromatic carbocycles. The largest absolute Gasteiger partial charge is 0.316 e. The molecule has 3 aliphatic rings. The Labute approximate surface area is 106 Å². The van der Waals surface area contributed by atoms with Crippen LogP contribution < -0.4 is 5.32 Å². The minimum absolute atomic E-state index is 0.669. The molecule has 1 aliphatic carbocycles. The predicted octanol–water partition coefficient (Wildman–Crippen LogP) is 2.64. The minimum Gasteiger partial charge on any atom is -0.316 e. The molecule has 2 heteroatoms. The highest BCUT2D eigenvalue weighted by atomic mass is 15.2. The average Bonchev–Trinajstić information content (AvgIpc) is 2.80. The molecule has 1 spiro atoms. The van der Waals surface area contributed by atoms with E-state index in [0.29, 0.717) is 5.41 Å². The van der Waals surface area contributed by atoms with E-state index in [-0.39, 0.29) is 0 Å². The molecule has 0 amide bonds. The van der Waals surface area contributed by atoms with Gasteiger partial charge in [-0.05, 0) is 56.7 Å². The van der Waals surface area contributed by atoms with Gasteiger partial charge in [0.25, 0.3) is 0 Å². The zero-order valence-corrected chi connectivity index (χ0v) is 11.4. The summed E-state index contributed by atoms with van der Waals surface area (Å²) in [6, 6.07) is 0.935. The Hall–Kier alpha value is -0.0800. The molecular formula is C15H28N2. The Morgan fingerprint density at radius 1 is 1.12 bits per heavy atom. The second kappa shape index (κ2) is 4.89. The SMILES string of the molecule is CC1CNCCC12CCN(C1CCCCC1)C2. The van der Waals surface area contributed by atoms with Crippen molar-refractivity contribution in [1.29, 1.82) is 0 Å². The molecule has 2 atom stereocenters. The molecule has 3 fully saturated rings. The van der Waals surface area contributed by atoms with Crippen molar-refractivity contribution in [1.82, 2.24) is 10.2 Å². The highest BCUT2D eigenvalue weighted by molar-refractivity contribution is 4.98. The van der Waals surface area contributed by atoms with Crippen LogP contribution in [0.25, 0.3) is 0 Å². The van der Waals surface area contributed by atoms with Crippen molar-refractivity contribution >= 4 is 0 Å². The van der Waals surface area contributed by atoms with Crippen molar-refractivity contribution in [2.24, 2.45) is 11.3 Å². The predicted molar refractivity (Wildman–Crippen MR) is 72.1 cm³/mol. The van der Waals surface area contributed by atoms with Crippen molar-refractivity contribution < 1.29 is 0 Å². The van der Waals surface area contributed by atoms with Gasteiger partial charge in [0.05, 0.1) is 0 Å². The number of nitrogens with one attached hydrogen (secondary N) is 1. The van der Waals surface area contributed by atoms with E-state index in [9.17, 15) is 0 Å². The summed E-state index contributed by atoms with van der Waals surface area (Å²) in [5.41, 5.74) is 0.669. The van der Waals surface area contributed by atoms with Gasteiger partial charge in [-0.15, -0.1) is 0 Å². The van der Waals surface area contributed by atoms with Gasteiger partial charge in [0.2, 0.25) is 0 Å². The van der Waals surface area contributed by atoms with Crippen molar-refractivity contribution in [3.05, 3.63) is 0 Å². The van der Waals surface area contributed by atoms with Crippen molar-refractivity contribution in [3.63, 3.8) is 0 Å². The highest BCUT2D eigenvalue weighted by Gasteiger charge is 2.44. The Morgan fingerprint density at radius 3 is 2.71 bits per heavy atom. The third kappa shape index (κ3) is 2.26. The molecule has 0 aromatic rings. The summed E-state index contributed by atoms with van der Waals surface area (Å²) in [7, 11) is 0. The number of nitrogens with zero attached hydrogens (tertiary/aromatic N) is 1. The van der Waals surface area contributed by atoms with E-state index >= 15 is 0 Å². The number of likely N-dealkylation sites (tertiary alicyclic amines) is 1. The van der Waals surface area contributed by atoms with Crippen molar-refractivity contribution in [2.45, 2.75) is 57.9 Å². The Bertz CT molecular complexity index is 260. The molecule has 3 rings (SSSR count). The fraction of sp³-hybridized carbons (Fsp3) is 1.00. The van der Waals surface area contributed by atoms with E-state index in [1.54, 1.807) is 0 Å². The van der Waals surface area contributed by atoms with Crippen LogP contribution in [0.5, 0.6) is 0 Å². The van der Waals surface area contributed by atoms with Crippen molar-refractivity contribution in [3.8, 4) is 0 Å². The van der Waals surface area contributed by atoms with E-state index in [4.69, 9.17) is 0 Å². The zero-order valence-electron chi connectivity index (χ0n) is 11.4. The first kappa shape index (κ1) is 12.0. The normalized spacial score (nSPS) is 41.1. The fourth-order valence-corrected chi connectivity index (χ4v) is 4.41. The maximum absolute atomic E-state index is 3.56. The third-order valence-electron chi connectivity index (χ3n) is 5.80. The van der Waals surface area contributed by atoms with E-state index in [2.05, 4.69) is 17.1 Å². The van der Waals surface area contributed by atoms with Crippen LogP contribution in [0, 0.1) is 11.3 Å². The van der Waals surface area contributed by atoms with E-state index < -0.39 is 0 Å². The summed E-state index contributed by atoms with van der Waals surface area (Å²) in [6.07, 6.45) is 10.3. The maximum Gasteiger partial charge on any atom is 0.00954 e. The van der Waals surface area contributed by atoms with E-state index in [0.717, 1.165) is 12.0 Å². The Kier molecular flexibility index (Phi) is 3.45. The first-order chi connectivity index (χ1) is 8.30. The quantitative estimate of drug-likeness (QED) is 0.753. The van der Waals surface area contributed by atoms with Crippen LogP contribution in [0.4, 0.5) is 0 Å². The molecule has 0 bridgehead atoms. The van der Waals surface area contributed by atoms with Gasteiger partial charge in [-0.3, -0.25) is 4.90 Å². The molecule has 2 unspecified atom stereocenters. The van der Waals surface area contributed by atoms with Gasteiger partial charge in [0.15, 0.2) is 0 Å². The lowest BCUT2D eigenvalue weighted by Crippen LogP contribution is -2.46. The van der Waals surface area contributed by atoms with Crippen LogP contribution in [0.15, 0.2) is 0 Å². The fourth-order valence-electron chi connectivity index (χ4n) is 4.41. The number of piperidine rings is 1. The molecule has 2 aliphatic heterocycles. The Balaban J connectivity index is 1.63. The third-order valence-corrected chi connectivity index (χ3v) is 5.80. The summed E-state index contributed by atoms with van der Waals surface area (Å²) >= 11 is 0. The highest BCUT2D eigenvalue weighted by Crippen LogP contribution is 2.44. The monoisotopic (exact) mass is 236 g/mol. The first-order valence-corrected chi connectivity index (χ1v) is 7.75. The number of rotatable bonds is 1. The van der Waals surface area contributed by atoms with Crippen LogP contribution in [0.2, 0.25) is 0 Å². The number of hydrogen-bond donors (Lipinski definition) is 1. The summed E-state index contributed by atoms with van der Waals surface area (Å²) in [5, 5.41) is 3.56. The van der Waals surface area contributed by atoms with Crippen LogP contribution in [0.1, 0.15) is 51.9 Å². The first-order valence-electron chi connectivity index (χ1n) is 7.75. The average molecular weight is 236 g/mol. The lowest BCUT2D eigenvalue weighted by molar-refractivity contribution is 0.104. The van der Waals surface area contributed by atoms with Gasteiger partial charge in [-0.2, -0.15) is 0 Å². The van der Waals surface area contributed by atoms with Gasteiger partial charge < -0.3 is 5.32 Å². The summed E-state index contributed by atoms with van der Waals surface area (Å²) in [4.78, 5) is 2.85. The molecule has 2 nitrogen and oxygen atoms in total. The van der Waals surface area contributed by atoms with Crippen LogP contribution in [-0.4, -0.2) is 37.1 Å². The molecule has 98 valence electrons. The lowest BCUT2D eigenvalue weighted by Gasteiger charge is -2.41. The molecule has 17 heavy (non-hydrogen) atoms. The van der Waals surface area contributed by atoms with Crippen LogP contribution in [0.3, 0.4) is 0 Å². The summed E-state index contributed by atoms with van der Waals surface area (Å²) in [6.45, 7) is 7.76. The van der Waals surface area contributed by atoms with Gasteiger partial charge in [0, 0.05) is 12.6 Å². The standard InChI is InChI=1S/C15H28N2/c1-13-11-16-9-7-15(13)8-10-17(12-15)14-5-3-2-4-6-14/h13-14,16H,2-12H2,1H3. The molecule has 0 aromatic heterocycles. The number of hydrogen-bond acceptors (Lipinski definition) is 2. The van der Waals surface area contributed by atoms with Crippen molar-refractivity contribution in [2.75, 3.05) is 26.2 Å². The second-order valence-corrected chi connectivity index (χ2v) is 6.73. The lowest BCUT2D eigenvalue weighted by atomic mass is 9.71. The van der Waals surface area contributed by atoms with Crippen LogP contribution in [-0.2, 0) is 0 Å². The molecular weight excluding hydrogens is 208 g/mol. The van der Waals surface area contributed by atoms with E-state index in [1.165, 1.54) is 71.1 Å². The van der Waals surface area contributed by atoms with Gasteiger partial charge in [0.1, 0.15) is 0 Å². The van der Waals surface area contributed by atoms with Crippen LogP contribution >= 0.6 is 0 Å².